The number of nitrogens with one attached hydrogen (secondary N) is 2. The maximum atomic E-state index is 12.8. The molecule has 7 heteroatoms. The van der Waals surface area contributed by atoms with Gasteiger partial charge in [0.05, 0.1) is 7.11 Å². The Balaban J connectivity index is 2.09. The molecule has 27 heavy (non-hydrogen) atoms. The van der Waals surface area contributed by atoms with Crippen LogP contribution >= 0.6 is 0 Å². The molecule has 0 spiro atoms. The van der Waals surface area contributed by atoms with E-state index in [-0.39, 0.29) is 18.4 Å². The molecular formula is C20H29N3O4. The molecule has 0 aliphatic heterocycles. The Morgan fingerprint density at radius 2 is 1.70 bits per heavy atom. The highest BCUT2D eigenvalue weighted by Crippen LogP contribution is 2.29. The summed E-state index contributed by atoms with van der Waals surface area (Å²) < 4.78 is 4.57. The summed E-state index contributed by atoms with van der Waals surface area (Å²) >= 11 is 0. The third-order valence-electron chi connectivity index (χ3n) is 4.83. The molecule has 1 aliphatic carbocycles. The van der Waals surface area contributed by atoms with Crippen LogP contribution < -0.4 is 10.6 Å². The molecule has 1 aromatic carbocycles. The van der Waals surface area contributed by atoms with Crippen molar-refractivity contribution in [2.45, 2.75) is 44.2 Å². The molecule has 2 amide bonds. The predicted molar refractivity (Wildman–Crippen MR) is 102 cm³/mol. The van der Waals surface area contributed by atoms with Crippen molar-refractivity contribution in [3.8, 4) is 0 Å². The number of hydrogen-bond donors (Lipinski definition) is 2. The van der Waals surface area contributed by atoms with Crippen LogP contribution in [0.5, 0.6) is 0 Å². The van der Waals surface area contributed by atoms with Gasteiger partial charge >= 0.3 is 5.97 Å². The average Bonchev–Trinajstić information content (AvgIpc) is 2.66. The Bertz CT molecular complexity index is 664. The number of methoxy groups -OCH3 is 1. The van der Waals surface area contributed by atoms with E-state index >= 15 is 0 Å². The van der Waals surface area contributed by atoms with Crippen LogP contribution in [0.25, 0.3) is 0 Å². The lowest BCUT2D eigenvalue weighted by atomic mass is 9.80. The van der Waals surface area contributed by atoms with Gasteiger partial charge < -0.3 is 20.3 Å². The minimum absolute atomic E-state index is 0.202. The maximum absolute atomic E-state index is 12.8. The number of rotatable bonds is 7. The van der Waals surface area contributed by atoms with E-state index < -0.39 is 11.5 Å². The first-order valence-corrected chi connectivity index (χ1v) is 9.27. The standard InChI is InChI=1S/C20H29N3O4/c1-23(2)14-15-7-9-16(10-8-15)18(25)22-20(11-5-4-6-12-20)19(26)21-13-17(24)27-3/h7-10H,4-6,11-14H2,1-3H3,(H,21,26)(H,22,25). The van der Waals surface area contributed by atoms with Crippen LogP contribution in [-0.4, -0.2) is 56.0 Å². The fourth-order valence-electron chi connectivity index (χ4n) is 3.37. The van der Waals surface area contributed by atoms with Crippen LogP contribution in [-0.2, 0) is 20.9 Å². The molecule has 1 aromatic rings. The van der Waals surface area contributed by atoms with Crippen molar-refractivity contribution in [3.05, 3.63) is 35.4 Å². The van der Waals surface area contributed by atoms with E-state index in [0.717, 1.165) is 31.4 Å². The number of nitrogens with zero attached hydrogens (tertiary/aromatic N) is 1. The molecule has 2 N–H and O–H groups in total. The molecule has 0 saturated heterocycles. The maximum Gasteiger partial charge on any atom is 0.325 e. The Hall–Kier alpha value is -2.41. The fraction of sp³-hybridized carbons (Fsp3) is 0.550. The summed E-state index contributed by atoms with van der Waals surface area (Å²) in [4.78, 5) is 38.9. The minimum atomic E-state index is -0.980. The summed E-state index contributed by atoms with van der Waals surface area (Å²) in [5, 5.41) is 5.53. The van der Waals surface area contributed by atoms with Crippen LogP contribution in [0.15, 0.2) is 24.3 Å². The Morgan fingerprint density at radius 1 is 1.07 bits per heavy atom. The van der Waals surface area contributed by atoms with Gasteiger partial charge in [0.15, 0.2) is 0 Å². The van der Waals surface area contributed by atoms with Crippen molar-refractivity contribution in [1.82, 2.24) is 15.5 Å². The molecule has 1 fully saturated rings. The third-order valence-corrected chi connectivity index (χ3v) is 4.83. The molecule has 0 aromatic heterocycles. The first-order valence-electron chi connectivity index (χ1n) is 9.27. The molecule has 0 radical (unpaired) electrons. The van der Waals surface area contributed by atoms with Gasteiger partial charge in [-0.05, 0) is 44.6 Å². The van der Waals surface area contributed by atoms with E-state index in [0.29, 0.717) is 18.4 Å². The number of hydrogen-bond acceptors (Lipinski definition) is 5. The molecular weight excluding hydrogens is 346 g/mol. The summed E-state index contributed by atoms with van der Waals surface area (Å²) in [5.74, 6) is -1.12. The van der Waals surface area contributed by atoms with Gasteiger partial charge in [-0.25, -0.2) is 0 Å². The predicted octanol–water partition coefficient (Wildman–Crippen LogP) is 1.47. The molecule has 0 heterocycles. The topological polar surface area (TPSA) is 87.7 Å². The minimum Gasteiger partial charge on any atom is -0.468 e. The lowest BCUT2D eigenvalue weighted by molar-refractivity contribution is -0.142. The lowest BCUT2D eigenvalue weighted by Crippen LogP contribution is -2.60. The first kappa shape index (κ1) is 20.9. The first-order chi connectivity index (χ1) is 12.9. The highest BCUT2D eigenvalue weighted by molar-refractivity contribution is 5.99. The van der Waals surface area contributed by atoms with Crippen LogP contribution in [0.3, 0.4) is 0 Å². The number of benzene rings is 1. The van der Waals surface area contributed by atoms with Gasteiger partial charge in [-0.2, -0.15) is 0 Å². The second kappa shape index (κ2) is 9.50. The third kappa shape index (κ3) is 5.79. The highest BCUT2D eigenvalue weighted by atomic mass is 16.5. The summed E-state index contributed by atoms with van der Waals surface area (Å²) in [6, 6.07) is 7.38. The van der Waals surface area contributed by atoms with E-state index in [4.69, 9.17) is 0 Å². The lowest BCUT2D eigenvalue weighted by Gasteiger charge is -2.36. The molecule has 0 bridgehead atoms. The van der Waals surface area contributed by atoms with Crippen molar-refractivity contribution in [2.24, 2.45) is 0 Å². The van der Waals surface area contributed by atoms with Crippen molar-refractivity contribution in [3.63, 3.8) is 0 Å². The van der Waals surface area contributed by atoms with Crippen LogP contribution in [0.4, 0.5) is 0 Å². The van der Waals surface area contributed by atoms with Crippen molar-refractivity contribution in [1.29, 1.82) is 0 Å². The monoisotopic (exact) mass is 375 g/mol. The van der Waals surface area contributed by atoms with E-state index in [2.05, 4.69) is 20.3 Å². The van der Waals surface area contributed by atoms with Gasteiger partial charge in [0, 0.05) is 12.1 Å². The van der Waals surface area contributed by atoms with Crippen molar-refractivity contribution >= 4 is 17.8 Å². The number of ether oxygens (including phenoxy) is 1. The second-order valence-electron chi connectivity index (χ2n) is 7.29. The zero-order valence-corrected chi connectivity index (χ0v) is 16.3. The highest BCUT2D eigenvalue weighted by Gasteiger charge is 2.41. The molecule has 2 rings (SSSR count). The molecule has 1 aliphatic rings. The van der Waals surface area contributed by atoms with Crippen LogP contribution in [0.1, 0.15) is 48.0 Å². The van der Waals surface area contributed by atoms with Crippen molar-refractivity contribution < 1.29 is 19.1 Å². The van der Waals surface area contributed by atoms with Gasteiger partial charge in [-0.1, -0.05) is 31.4 Å². The van der Waals surface area contributed by atoms with Gasteiger partial charge in [-0.15, -0.1) is 0 Å². The number of carbonyl (C=O) groups excluding carboxylic acids is 3. The fourth-order valence-corrected chi connectivity index (χ4v) is 3.37. The van der Waals surface area contributed by atoms with E-state index in [9.17, 15) is 14.4 Å². The van der Waals surface area contributed by atoms with E-state index in [1.807, 2.05) is 26.2 Å². The summed E-state index contributed by atoms with van der Waals surface area (Å²) in [7, 11) is 5.24. The summed E-state index contributed by atoms with van der Waals surface area (Å²) in [6.07, 6.45) is 3.86. The quantitative estimate of drug-likeness (QED) is 0.705. The Morgan fingerprint density at radius 3 is 2.26 bits per heavy atom. The molecule has 7 nitrogen and oxygen atoms in total. The van der Waals surface area contributed by atoms with Gasteiger partial charge in [0.1, 0.15) is 12.1 Å². The molecule has 148 valence electrons. The number of carbonyl (C=O) groups is 3. The van der Waals surface area contributed by atoms with Gasteiger partial charge in [0.2, 0.25) is 5.91 Å². The van der Waals surface area contributed by atoms with Crippen LogP contribution in [0.2, 0.25) is 0 Å². The second-order valence-corrected chi connectivity index (χ2v) is 7.29. The van der Waals surface area contributed by atoms with Crippen LogP contribution in [0, 0.1) is 0 Å². The Kier molecular flexibility index (Phi) is 7.36. The Labute approximate surface area is 160 Å². The SMILES string of the molecule is COC(=O)CNC(=O)C1(NC(=O)c2ccc(CN(C)C)cc2)CCCCC1. The molecule has 1 saturated carbocycles. The van der Waals surface area contributed by atoms with Crippen molar-refractivity contribution in [2.75, 3.05) is 27.7 Å². The largest absolute Gasteiger partial charge is 0.468 e. The number of amides is 2. The zero-order chi connectivity index (χ0) is 19.9. The van der Waals surface area contributed by atoms with E-state index in [1.54, 1.807) is 12.1 Å². The summed E-state index contributed by atoms with van der Waals surface area (Å²) in [5.41, 5.74) is 0.647. The normalized spacial score (nSPS) is 15.9. The number of esters is 1. The van der Waals surface area contributed by atoms with Gasteiger partial charge in [-0.3, -0.25) is 14.4 Å². The molecule has 0 atom stereocenters. The zero-order valence-electron chi connectivity index (χ0n) is 16.3. The van der Waals surface area contributed by atoms with Gasteiger partial charge in [0.25, 0.3) is 5.91 Å². The molecule has 0 unspecified atom stereocenters. The van der Waals surface area contributed by atoms with E-state index in [1.165, 1.54) is 7.11 Å². The summed E-state index contributed by atoms with van der Waals surface area (Å²) in [6.45, 7) is 0.591. The smallest absolute Gasteiger partial charge is 0.325 e. The average molecular weight is 375 g/mol.